The fraction of sp³-hybridized carbons (Fsp3) is 0.250. The molecule has 4 nitrogen and oxygen atoms in total. The summed E-state index contributed by atoms with van der Waals surface area (Å²) in [4.78, 5) is 0. The summed E-state index contributed by atoms with van der Waals surface area (Å²) in [5.74, 6) is 1.30. The van der Waals surface area contributed by atoms with Gasteiger partial charge in [-0.3, -0.25) is 0 Å². The highest BCUT2D eigenvalue weighted by molar-refractivity contribution is 6.31. The zero-order valence-electron chi connectivity index (χ0n) is 9.66. The van der Waals surface area contributed by atoms with Gasteiger partial charge in [0.2, 0.25) is 0 Å². The number of hydrogen-bond donors (Lipinski definition) is 1. The molecule has 0 fully saturated rings. The summed E-state index contributed by atoms with van der Waals surface area (Å²) in [7, 11) is 1.60. The van der Waals surface area contributed by atoms with Crippen LogP contribution in [0.5, 0.6) is 5.75 Å². The minimum absolute atomic E-state index is 0.355. The molecule has 1 heterocycles. The summed E-state index contributed by atoms with van der Waals surface area (Å²) in [5, 5.41) is 4.40. The monoisotopic (exact) mass is 252 g/mol. The van der Waals surface area contributed by atoms with Gasteiger partial charge >= 0.3 is 0 Å². The van der Waals surface area contributed by atoms with E-state index in [2.05, 4.69) is 5.16 Å². The number of benzene rings is 1. The molecule has 5 heteroatoms. The molecule has 0 spiro atoms. The molecule has 0 aliphatic heterocycles. The lowest BCUT2D eigenvalue weighted by Gasteiger charge is -2.09. The van der Waals surface area contributed by atoms with Crippen LogP contribution in [-0.2, 0) is 6.54 Å². The second kappa shape index (κ2) is 4.77. The Morgan fingerprint density at radius 1 is 1.47 bits per heavy atom. The van der Waals surface area contributed by atoms with Gasteiger partial charge in [0.05, 0.1) is 18.9 Å². The number of aromatic nitrogens is 1. The second-order valence-electron chi connectivity index (χ2n) is 3.69. The molecule has 90 valence electrons. The van der Waals surface area contributed by atoms with Crippen molar-refractivity contribution in [2.45, 2.75) is 13.5 Å². The van der Waals surface area contributed by atoms with E-state index < -0.39 is 0 Å². The first-order valence-corrected chi connectivity index (χ1v) is 5.53. The van der Waals surface area contributed by atoms with Gasteiger partial charge in [0.25, 0.3) is 0 Å². The third-order valence-corrected chi connectivity index (χ3v) is 3.00. The number of nitrogens with zero attached hydrogens (tertiary/aromatic N) is 1. The third-order valence-electron chi connectivity index (χ3n) is 2.59. The Hall–Kier alpha value is -1.52. The summed E-state index contributed by atoms with van der Waals surface area (Å²) in [6.45, 7) is 2.27. The molecule has 0 saturated carbocycles. The van der Waals surface area contributed by atoms with Gasteiger partial charge in [-0.15, -0.1) is 0 Å². The van der Waals surface area contributed by atoms with E-state index >= 15 is 0 Å². The number of ether oxygens (including phenoxy) is 1. The van der Waals surface area contributed by atoms with Crippen LogP contribution >= 0.6 is 11.6 Å². The summed E-state index contributed by atoms with van der Waals surface area (Å²) in [5.41, 5.74) is 8.15. The fourth-order valence-corrected chi connectivity index (χ4v) is 1.79. The zero-order chi connectivity index (χ0) is 12.4. The van der Waals surface area contributed by atoms with Crippen LogP contribution in [0.15, 0.2) is 22.9 Å². The maximum Gasteiger partial charge on any atom is 0.175 e. The molecule has 0 atom stereocenters. The van der Waals surface area contributed by atoms with Crippen molar-refractivity contribution in [1.82, 2.24) is 5.16 Å². The molecule has 0 amide bonds. The smallest absolute Gasteiger partial charge is 0.175 e. The van der Waals surface area contributed by atoms with Crippen LogP contribution in [0.4, 0.5) is 0 Å². The zero-order valence-corrected chi connectivity index (χ0v) is 10.4. The predicted octanol–water partition coefficient (Wildman–Crippen LogP) is 2.77. The first kappa shape index (κ1) is 12.0. The average Bonchev–Trinajstić information content (AvgIpc) is 2.80. The quantitative estimate of drug-likeness (QED) is 0.912. The average molecular weight is 253 g/mol. The highest BCUT2D eigenvalue weighted by Crippen LogP contribution is 2.36. The summed E-state index contributed by atoms with van der Waals surface area (Å²) < 4.78 is 10.5. The van der Waals surface area contributed by atoms with Gasteiger partial charge in [-0.2, -0.15) is 0 Å². The Bertz CT molecular complexity index is 537. The van der Waals surface area contributed by atoms with E-state index in [9.17, 15) is 0 Å². The molecule has 0 bridgehead atoms. The van der Waals surface area contributed by atoms with Gasteiger partial charge in [0, 0.05) is 17.1 Å². The van der Waals surface area contributed by atoms with Crippen LogP contribution in [0.1, 0.15) is 11.1 Å². The SMILES string of the molecule is COc1cc(C)c(Cl)cc1-c1oncc1CN. The van der Waals surface area contributed by atoms with Gasteiger partial charge in [-0.25, -0.2) is 0 Å². The molecule has 0 aliphatic carbocycles. The number of halogens is 1. The van der Waals surface area contributed by atoms with Crippen LogP contribution in [0.25, 0.3) is 11.3 Å². The highest BCUT2D eigenvalue weighted by atomic mass is 35.5. The summed E-state index contributed by atoms with van der Waals surface area (Å²) in [6.07, 6.45) is 1.60. The first-order valence-electron chi connectivity index (χ1n) is 5.15. The standard InChI is InChI=1S/C12H13ClN2O2/c1-7-3-11(16-2)9(4-10(7)13)12-8(5-14)6-15-17-12/h3-4,6H,5,14H2,1-2H3. The van der Waals surface area contributed by atoms with Crippen molar-refractivity contribution in [2.24, 2.45) is 5.73 Å². The molecular formula is C12H13ClN2O2. The van der Waals surface area contributed by atoms with Crippen LogP contribution in [0, 0.1) is 6.92 Å². The van der Waals surface area contributed by atoms with E-state index in [0.717, 1.165) is 16.7 Å². The number of nitrogens with two attached hydrogens (primary N) is 1. The Labute approximate surface area is 104 Å². The van der Waals surface area contributed by atoms with Crippen LogP contribution < -0.4 is 10.5 Å². The minimum Gasteiger partial charge on any atom is -0.496 e. The number of hydrogen-bond acceptors (Lipinski definition) is 4. The molecule has 0 saturated heterocycles. The van der Waals surface area contributed by atoms with Crippen molar-refractivity contribution in [3.63, 3.8) is 0 Å². The normalized spacial score (nSPS) is 10.6. The molecule has 2 aromatic rings. The maximum atomic E-state index is 6.11. The lowest BCUT2D eigenvalue weighted by Crippen LogP contribution is -1.97. The summed E-state index contributed by atoms with van der Waals surface area (Å²) in [6, 6.07) is 3.66. The van der Waals surface area contributed by atoms with Crippen molar-refractivity contribution >= 4 is 11.6 Å². The van der Waals surface area contributed by atoms with Gasteiger partial charge in [-0.05, 0) is 24.6 Å². The van der Waals surface area contributed by atoms with Crippen molar-refractivity contribution in [3.05, 3.63) is 34.5 Å². The van der Waals surface area contributed by atoms with Crippen molar-refractivity contribution in [3.8, 4) is 17.1 Å². The molecule has 17 heavy (non-hydrogen) atoms. The predicted molar refractivity (Wildman–Crippen MR) is 66.1 cm³/mol. The van der Waals surface area contributed by atoms with Crippen LogP contribution in [0.3, 0.4) is 0 Å². The lowest BCUT2D eigenvalue weighted by atomic mass is 10.1. The second-order valence-corrected chi connectivity index (χ2v) is 4.09. The highest BCUT2D eigenvalue weighted by Gasteiger charge is 2.16. The lowest BCUT2D eigenvalue weighted by molar-refractivity contribution is 0.405. The molecule has 0 radical (unpaired) electrons. The minimum atomic E-state index is 0.355. The van der Waals surface area contributed by atoms with Crippen molar-refractivity contribution in [1.29, 1.82) is 0 Å². The van der Waals surface area contributed by atoms with Crippen LogP contribution in [-0.4, -0.2) is 12.3 Å². The van der Waals surface area contributed by atoms with Gasteiger partial charge < -0.3 is 15.0 Å². The Balaban J connectivity index is 2.62. The Morgan fingerprint density at radius 2 is 2.24 bits per heavy atom. The number of aryl methyl sites for hydroxylation is 1. The molecule has 2 N–H and O–H groups in total. The first-order chi connectivity index (χ1) is 8.17. The largest absolute Gasteiger partial charge is 0.496 e. The molecule has 2 rings (SSSR count). The molecule has 0 unspecified atom stereocenters. The Kier molecular flexibility index (Phi) is 3.36. The van der Waals surface area contributed by atoms with Crippen molar-refractivity contribution in [2.75, 3.05) is 7.11 Å². The van der Waals surface area contributed by atoms with E-state index in [4.69, 9.17) is 26.6 Å². The van der Waals surface area contributed by atoms with E-state index in [1.54, 1.807) is 19.4 Å². The molecule has 1 aromatic carbocycles. The van der Waals surface area contributed by atoms with E-state index in [1.807, 2.05) is 13.0 Å². The topological polar surface area (TPSA) is 61.3 Å². The van der Waals surface area contributed by atoms with Crippen molar-refractivity contribution < 1.29 is 9.26 Å². The maximum absolute atomic E-state index is 6.11. The van der Waals surface area contributed by atoms with Gasteiger partial charge in [0.15, 0.2) is 5.76 Å². The van der Waals surface area contributed by atoms with Gasteiger partial charge in [0.1, 0.15) is 5.75 Å². The van der Waals surface area contributed by atoms with Crippen LogP contribution in [0.2, 0.25) is 5.02 Å². The van der Waals surface area contributed by atoms with Gasteiger partial charge in [-0.1, -0.05) is 16.8 Å². The van der Waals surface area contributed by atoms with E-state index in [1.165, 1.54) is 0 Å². The number of rotatable bonds is 3. The summed E-state index contributed by atoms with van der Waals surface area (Å²) >= 11 is 6.11. The Morgan fingerprint density at radius 3 is 2.88 bits per heavy atom. The molecular weight excluding hydrogens is 240 g/mol. The molecule has 1 aromatic heterocycles. The van der Waals surface area contributed by atoms with E-state index in [0.29, 0.717) is 23.1 Å². The van der Waals surface area contributed by atoms with E-state index in [-0.39, 0.29) is 0 Å². The third kappa shape index (κ3) is 2.14. The fourth-order valence-electron chi connectivity index (χ4n) is 1.63. The molecule has 0 aliphatic rings. The number of methoxy groups -OCH3 is 1.